The maximum absolute atomic E-state index is 2.33. The van der Waals surface area contributed by atoms with Gasteiger partial charge < -0.3 is 14.7 Å². The van der Waals surface area contributed by atoms with E-state index in [1.807, 2.05) is 6.07 Å². The van der Waals surface area contributed by atoms with Crippen molar-refractivity contribution in [1.82, 2.24) is 0 Å². The molecule has 0 aliphatic carbocycles. The van der Waals surface area contributed by atoms with Crippen LogP contribution in [0.5, 0.6) is 0 Å². The predicted octanol–water partition coefficient (Wildman–Crippen LogP) is 14.3. The Balaban J connectivity index is 1.05. The number of nitrogens with zero attached hydrogens (tertiary/aromatic N) is 3. The lowest BCUT2D eigenvalue weighted by Crippen LogP contribution is -2.10. The molecule has 0 amide bonds. The quantitative estimate of drug-likeness (QED) is 0.141. The molecule has 262 valence electrons. The van der Waals surface area contributed by atoms with Gasteiger partial charge in [-0.05, 0) is 144 Å². The highest BCUT2D eigenvalue weighted by atomic mass is 15.1. The van der Waals surface area contributed by atoms with Crippen molar-refractivity contribution in [3.05, 3.63) is 217 Å². The second kappa shape index (κ2) is 15.4. The van der Waals surface area contributed by atoms with Crippen molar-refractivity contribution in [3.63, 3.8) is 0 Å². The highest BCUT2D eigenvalue weighted by Crippen LogP contribution is 2.39. The molecule has 8 rings (SSSR count). The van der Waals surface area contributed by atoms with Gasteiger partial charge in [0.1, 0.15) is 0 Å². The lowest BCUT2D eigenvalue weighted by Gasteiger charge is -2.26. The van der Waals surface area contributed by atoms with E-state index in [1.54, 1.807) is 0 Å². The van der Waals surface area contributed by atoms with Gasteiger partial charge in [0, 0.05) is 52.5 Å². The Morgan fingerprint density at radius 2 is 0.537 bits per heavy atom. The van der Waals surface area contributed by atoms with Crippen molar-refractivity contribution < 1.29 is 0 Å². The first-order valence-electron chi connectivity index (χ1n) is 18.5. The summed E-state index contributed by atoms with van der Waals surface area (Å²) in [6, 6.07) is 73.8. The molecule has 0 unspecified atom stereocenters. The standard InChI is InChI=1S/C51H43N3/c1-38-12-10-18-50(36-38)54(51-19-11-13-39(2)37-51)49-34-26-43(27-35-49)42-24-32-48(33-25-42)53(46-16-8-5-9-17-46)47-30-22-41(23-31-47)40-20-28-45(29-21-40)52(3)44-14-6-4-7-15-44/h4-37H,1-3H3. The maximum Gasteiger partial charge on any atom is 0.0464 e. The van der Waals surface area contributed by atoms with Crippen molar-refractivity contribution in [2.45, 2.75) is 13.8 Å². The van der Waals surface area contributed by atoms with Gasteiger partial charge >= 0.3 is 0 Å². The third kappa shape index (κ3) is 7.39. The van der Waals surface area contributed by atoms with Crippen LogP contribution in [0.2, 0.25) is 0 Å². The summed E-state index contributed by atoms with van der Waals surface area (Å²) in [5, 5.41) is 0. The van der Waals surface area contributed by atoms with E-state index in [0.717, 1.165) is 39.8 Å². The van der Waals surface area contributed by atoms with Gasteiger partial charge in [0.25, 0.3) is 0 Å². The highest BCUT2D eigenvalue weighted by Gasteiger charge is 2.15. The fourth-order valence-electron chi connectivity index (χ4n) is 7.09. The van der Waals surface area contributed by atoms with Crippen molar-refractivity contribution in [3.8, 4) is 22.3 Å². The number of benzene rings is 8. The first kappa shape index (κ1) is 34.3. The predicted molar refractivity (Wildman–Crippen MR) is 231 cm³/mol. The van der Waals surface area contributed by atoms with Crippen LogP contribution in [0.4, 0.5) is 45.5 Å². The summed E-state index contributed by atoms with van der Waals surface area (Å²) in [4.78, 5) is 6.85. The summed E-state index contributed by atoms with van der Waals surface area (Å²) in [5.41, 5.74) is 16.3. The minimum absolute atomic E-state index is 1.10. The molecular weight excluding hydrogens is 655 g/mol. The highest BCUT2D eigenvalue weighted by molar-refractivity contribution is 5.82. The molecule has 0 N–H and O–H groups in total. The minimum Gasteiger partial charge on any atom is -0.345 e. The molecule has 0 aliphatic heterocycles. The van der Waals surface area contributed by atoms with E-state index in [9.17, 15) is 0 Å². The van der Waals surface area contributed by atoms with Crippen LogP contribution >= 0.6 is 0 Å². The van der Waals surface area contributed by atoms with E-state index in [-0.39, 0.29) is 0 Å². The zero-order valence-corrected chi connectivity index (χ0v) is 31.0. The van der Waals surface area contributed by atoms with Crippen molar-refractivity contribution in [2.24, 2.45) is 0 Å². The smallest absolute Gasteiger partial charge is 0.0464 e. The molecule has 0 aliphatic rings. The van der Waals surface area contributed by atoms with Gasteiger partial charge in [-0.25, -0.2) is 0 Å². The summed E-state index contributed by atoms with van der Waals surface area (Å²) in [5.74, 6) is 0. The third-order valence-electron chi connectivity index (χ3n) is 9.98. The van der Waals surface area contributed by atoms with Gasteiger partial charge in [-0.3, -0.25) is 0 Å². The monoisotopic (exact) mass is 697 g/mol. The van der Waals surface area contributed by atoms with E-state index in [0.29, 0.717) is 0 Å². The third-order valence-corrected chi connectivity index (χ3v) is 9.98. The molecule has 3 heteroatoms. The fourth-order valence-corrected chi connectivity index (χ4v) is 7.09. The van der Waals surface area contributed by atoms with Crippen molar-refractivity contribution in [2.75, 3.05) is 21.7 Å². The molecule has 0 heterocycles. The number of hydrogen-bond donors (Lipinski definition) is 0. The van der Waals surface area contributed by atoms with Gasteiger partial charge in [-0.1, -0.05) is 109 Å². The van der Waals surface area contributed by atoms with Crippen LogP contribution in [-0.4, -0.2) is 7.05 Å². The number of para-hydroxylation sites is 2. The first-order valence-corrected chi connectivity index (χ1v) is 18.5. The molecule has 54 heavy (non-hydrogen) atoms. The molecular formula is C51H43N3. The molecule has 8 aromatic rings. The summed E-state index contributed by atoms with van der Waals surface area (Å²) >= 11 is 0. The average molecular weight is 698 g/mol. The van der Waals surface area contributed by atoms with Crippen LogP contribution in [0.25, 0.3) is 22.3 Å². The second-order valence-electron chi connectivity index (χ2n) is 13.8. The first-order chi connectivity index (χ1) is 26.5. The number of hydrogen-bond acceptors (Lipinski definition) is 3. The molecule has 0 fully saturated rings. The topological polar surface area (TPSA) is 9.72 Å². The van der Waals surface area contributed by atoms with E-state index in [2.05, 4.69) is 236 Å². The zero-order valence-electron chi connectivity index (χ0n) is 31.0. The molecule has 0 atom stereocenters. The van der Waals surface area contributed by atoms with Crippen LogP contribution in [-0.2, 0) is 0 Å². The zero-order chi connectivity index (χ0) is 36.9. The van der Waals surface area contributed by atoms with Crippen LogP contribution in [0.15, 0.2) is 206 Å². The molecule has 0 saturated heterocycles. The average Bonchev–Trinajstić information content (AvgIpc) is 3.22. The van der Waals surface area contributed by atoms with Gasteiger partial charge in [-0.15, -0.1) is 0 Å². The molecule has 0 spiro atoms. The molecule has 0 radical (unpaired) electrons. The Labute approximate surface area is 319 Å². The maximum atomic E-state index is 2.33. The van der Waals surface area contributed by atoms with E-state index in [1.165, 1.54) is 39.1 Å². The van der Waals surface area contributed by atoms with E-state index >= 15 is 0 Å². The Bertz CT molecular complexity index is 2390. The normalized spacial score (nSPS) is 10.9. The Morgan fingerprint density at radius 3 is 0.907 bits per heavy atom. The van der Waals surface area contributed by atoms with Crippen LogP contribution in [0, 0.1) is 13.8 Å². The fraction of sp³-hybridized carbons (Fsp3) is 0.0588. The summed E-state index contributed by atoms with van der Waals surface area (Å²) in [6.07, 6.45) is 0. The lowest BCUT2D eigenvalue weighted by atomic mass is 10.0. The van der Waals surface area contributed by atoms with Crippen LogP contribution in [0.1, 0.15) is 11.1 Å². The number of anilines is 8. The van der Waals surface area contributed by atoms with Gasteiger partial charge in [-0.2, -0.15) is 0 Å². The second-order valence-corrected chi connectivity index (χ2v) is 13.8. The summed E-state index contributed by atoms with van der Waals surface area (Å²) in [6.45, 7) is 4.29. The molecule has 0 saturated carbocycles. The lowest BCUT2D eigenvalue weighted by molar-refractivity contribution is 1.21. The van der Waals surface area contributed by atoms with Gasteiger partial charge in [0.05, 0.1) is 0 Å². The molecule has 3 nitrogen and oxygen atoms in total. The van der Waals surface area contributed by atoms with Crippen LogP contribution < -0.4 is 14.7 Å². The summed E-state index contributed by atoms with van der Waals surface area (Å²) < 4.78 is 0. The SMILES string of the molecule is Cc1cccc(N(c2ccc(-c3ccc(N(c4ccccc4)c4ccc(-c5ccc(N(C)c6ccccc6)cc5)cc4)cc3)cc2)c2cccc(C)c2)c1. The van der Waals surface area contributed by atoms with Gasteiger partial charge in [0.15, 0.2) is 0 Å². The molecule has 0 bridgehead atoms. The molecule has 0 aromatic heterocycles. The van der Waals surface area contributed by atoms with Crippen LogP contribution in [0.3, 0.4) is 0 Å². The number of aryl methyl sites for hydroxylation is 2. The number of rotatable bonds is 10. The largest absolute Gasteiger partial charge is 0.345 e. The van der Waals surface area contributed by atoms with Crippen molar-refractivity contribution in [1.29, 1.82) is 0 Å². The Hall–Kier alpha value is -6.84. The van der Waals surface area contributed by atoms with Gasteiger partial charge in [0.2, 0.25) is 0 Å². The summed E-state index contributed by atoms with van der Waals surface area (Å²) in [7, 11) is 2.10. The van der Waals surface area contributed by atoms with E-state index in [4.69, 9.17) is 0 Å². The Morgan fingerprint density at radius 1 is 0.259 bits per heavy atom. The van der Waals surface area contributed by atoms with Crippen molar-refractivity contribution >= 4 is 45.5 Å². The minimum atomic E-state index is 1.10. The molecule has 8 aromatic carbocycles. The Kier molecular flexibility index (Phi) is 9.78. The van der Waals surface area contributed by atoms with E-state index < -0.39 is 0 Å².